The molecule has 1 aromatic rings. The maximum Gasteiger partial charge on any atom is 0.0997 e. The van der Waals surface area contributed by atoms with Gasteiger partial charge in [0.2, 0.25) is 0 Å². The fourth-order valence-corrected chi connectivity index (χ4v) is 2.69. The Hall–Kier alpha value is -0.940. The number of rotatable bonds is 1. The molecular formula is C11H19N5. The minimum Gasteiger partial charge on any atom is -0.311 e. The smallest absolute Gasteiger partial charge is 0.0997 e. The van der Waals surface area contributed by atoms with Crippen LogP contribution in [0.4, 0.5) is 0 Å². The van der Waals surface area contributed by atoms with Crippen molar-refractivity contribution in [3.63, 3.8) is 0 Å². The molecule has 3 heterocycles. The van der Waals surface area contributed by atoms with Crippen molar-refractivity contribution in [3.05, 3.63) is 11.4 Å². The summed E-state index contributed by atoms with van der Waals surface area (Å²) < 4.78 is 2.20. The van der Waals surface area contributed by atoms with Gasteiger partial charge >= 0.3 is 0 Å². The maximum atomic E-state index is 4.35. The zero-order valence-corrected chi connectivity index (χ0v) is 9.82. The second-order valence-corrected chi connectivity index (χ2v) is 4.89. The molecule has 0 aliphatic carbocycles. The molecule has 0 radical (unpaired) electrons. The van der Waals surface area contributed by atoms with E-state index >= 15 is 0 Å². The summed E-state index contributed by atoms with van der Waals surface area (Å²) in [5.74, 6) is 0. The van der Waals surface area contributed by atoms with Crippen molar-refractivity contribution in [2.24, 2.45) is 0 Å². The topological polar surface area (TPSA) is 46.0 Å². The normalized spacial score (nSPS) is 23.3. The molecule has 1 N–H and O–H groups in total. The summed E-state index contributed by atoms with van der Waals surface area (Å²) in [6.45, 7) is 4.31. The lowest BCUT2D eigenvalue weighted by atomic mass is 10.0. The van der Waals surface area contributed by atoms with Gasteiger partial charge in [0.1, 0.15) is 0 Å². The molecule has 0 atom stereocenters. The minimum absolute atomic E-state index is 0.575. The van der Waals surface area contributed by atoms with E-state index in [1.165, 1.54) is 31.6 Å². The summed E-state index contributed by atoms with van der Waals surface area (Å²) in [5, 5.41) is 12.0. The monoisotopic (exact) mass is 221 g/mol. The third-order valence-electron chi connectivity index (χ3n) is 3.74. The van der Waals surface area contributed by atoms with Crippen LogP contribution in [0.25, 0.3) is 0 Å². The molecule has 0 bridgehead atoms. The van der Waals surface area contributed by atoms with Gasteiger partial charge in [0.15, 0.2) is 0 Å². The largest absolute Gasteiger partial charge is 0.311 e. The van der Waals surface area contributed by atoms with Gasteiger partial charge in [-0.25, -0.2) is 4.68 Å². The predicted octanol–water partition coefficient (Wildman–Crippen LogP) is 0.190. The number of aromatic nitrogens is 3. The second kappa shape index (κ2) is 4.14. The van der Waals surface area contributed by atoms with Crippen LogP contribution in [0.2, 0.25) is 0 Å². The van der Waals surface area contributed by atoms with Crippen molar-refractivity contribution < 1.29 is 0 Å². The SMILES string of the molecule is CN1CCC(n2nnc3c2CCNC3)CC1. The zero-order valence-electron chi connectivity index (χ0n) is 9.82. The molecule has 3 rings (SSSR count). The summed E-state index contributed by atoms with van der Waals surface area (Å²) >= 11 is 0. The van der Waals surface area contributed by atoms with E-state index in [0.29, 0.717) is 6.04 Å². The fourth-order valence-electron chi connectivity index (χ4n) is 2.69. The Balaban J connectivity index is 1.81. The van der Waals surface area contributed by atoms with Gasteiger partial charge in [0.05, 0.1) is 17.4 Å². The average Bonchev–Trinajstić information content (AvgIpc) is 2.74. The van der Waals surface area contributed by atoms with E-state index in [4.69, 9.17) is 0 Å². The van der Waals surface area contributed by atoms with Crippen LogP contribution in [0.15, 0.2) is 0 Å². The number of fused-ring (bicyclic) bond motifs is 1. The van der Waals surface area contributed by atoms with Crippen LogP contribution in [0.5, 0.6) is 0 Å². The standard InChI is InChI=1S/C11H19N5/c1-15-6-3-9(4-7-15)16-11-2-5-12-8-10(11)13-14-16/h9,12H,2-8H2,1H3. The third-order valence-corrected chi connectivity index (χ3v) is 3.74. The molecule has 0 aromatic carbocycles. The van der Waals surface area contributed by atoms with E-state index in [1.807, 2.05) is 0 Å². The third kappa shape index (κ3) is 1.74. The highest BCUT2D eigenvalue weighted by Crippen LogP contribution is 2.24. The highest BCUT2D eigenvalue weighted by molar-refractivity contribution is 5.14. The lowest BCUT2D eigenvalue weighted by Crippen LogP contribution is -2.33. The molecule has 0 amide bonds. The van der Waals surface area contributed by atoms with Gasteiger partial charge in [-0.3, -0.25) is 0 Å². The molecule has 0 spiro atoms. The van der Waals surface area contributed by atoms with E-state index in [-0.39, 0.29) is 0 Å². The Morgan fingerprint density at radius 1 is 1.31 bits per heavy atom. The molecule has 1 fully saturated rings. The molecule has 1 saturated heterocycles. The Morgan fingerprint density at radius 3 is 2.94 bits per heavy atom. The molecule has 1 aromatic heterocycles. The molecule has 2 aliphatic rings. The summed E-state index contributed by atoms with van der Waals surface area (Å²) in [6, 6.07) is 0.575. The van der Waals surface area contributed by atoms with Gasteiger partial charge in [0.25, 0.3) is 0 Å². The van der Waals surface area contributed by atoms with Gasteiger partial charge in [-0.15, -0.1) is 5.10 Å². The number of hydrogen-bond acceptors (Lipinski definition) is 4. The fraction of sp³-hybridized carbons (Fsp3) is 0.818. The van der Waals surface area contributed by atoms with Crippen LogP contribution in [0, 0.1) is 0 Å². The maximum absolute atomic E-state index is 4.35. The molecular weight excluding hydrogens is 202 g/mol. The van der Waals surface area contributed by atoms with E-state index in [1.54, 1.807) is 0 Å². The van der Waals surface area contributed by atoms with Gasteiger partial charge in [-0.2, -0.15) is 0 Å². The first-order chi connectivity index (χ1) is 7.84. The molecule has 88 valence electrons. The number of hydrogen-bond donors (Lipinski definition) is 1. The van der Waals surface area contributed by atoms with Gasteiger partial charge in [0, 0.05) is 19.5 Å². The van der Waals surface area contributed by atoms with Crippen LogP contribution < -0.4 is 5.32 Å². The molecule has 5 nitrogen and oxygen atoms in total. The Bertz CT molecular complexity index is 364. The molecule has 16 heavy (non-hydrogen) atoms. The first-order valence-electron chi connectivity index (χ1n) is 6.17. The lowest BCUT2D eigenvalue weighted by molar-refractivity contribution is 0.208. The Morgan fingerprint density at radius 2 is 2.12 bits per heavy atom. The van der Waals surface area contributed by atoms with Crippen LogP contribution in [0.3, 0.4) is 0 Å². The van der Waals surface area contributed by atoms with E-state index < -0.39 is 0 Å². The number of nitrogens with zero attached hydrogens (tertiary/aromatic N) is 4. The van der Waals surface area contributed by atoms with Gasteiger partial charge < -0.3 is 10.2 Å². The van der Waals surface area contributed by atoms with E-state index in [0.717, 1.165) is 25.2 Å². The van der Waals surface area contributed by atoms with Crippen LogP contribution in [-0.2, 0) is 13.0 Å². The summed E-state index contributed by atoms with van der Waals surface area (Å²) in [4.78, 5) is 2.39. The quantitative estimate of drug-likeness (QED) is 0.735. The van der Waals surface area contributed by atoms with Crippen molar-refractivity contribution in [1.82, 2.24) is 25.2 Å². The number of piperidine rings is 1. The number of likely N-dealkylation sites (tertiary alicyclic amines) is 1. The average molecular weight is 221 g/mol. The zero-order chi connectivity index (χ0) is 11.0. The van der Waals surface area contributed by atoms with Crippen LogP contribution in [-0.4, -0.2) is 46.6 Å². The molecule has 2 aliphatic heterocycles. The Labute approximate surface area is 95.8 Å². The summed E-state index contributed by atoms with van der Waals surface area (Å²) in [5.41, 5.74) is 2.53. The summed E-state index contributed by atoms with van der Waals surface area (Å²) in [6.07, 6.45) is 3.49. The first-order valence-corrected chi connectivity index (χ1v) is 6.17. The minimum atomic E-state index is 0.575. The van der Waals surface area contributed by atoms with Crippen molar-refractivity contribution in [3.8, 4) is 0 Å². The van der Waals surface area contributed by atoms with Crippen molar-refractivity contribution in [1.29, 1.82) is 0 Å². The predicted molar refractivity (Wildman–Crippen MR) is 61.2 cm³/mol. The van der Waals surface area contributed by atoms with Crippen molar-refractivity contribution in [2.75, 3.05) is 26.7 Å². The van der Waals surface area contributed by atoms with E-state index in [2.05, 4.69) is 32.3 Å². The van der Waals surface area contributed by atoms with E-state index in [9.17, 15) is 0 Å². The van der Waals surface area contributed by atoms with Crippen molar-refractivity contribution in [2.45, 2.75) is 31.8 Å². The van der Waals surface area contributed by atoms with Gasteiger partial charge in [-0.1, -0.05) is 5.21 Å². The number of nitrogens with one attached hydrogen (secondary N) is 1. The first kappa shape index (κ1) is 10.2. The molecule has 0 saturated carbocycles. The highest BCUT2D eigenvalue weighted by atomic mass is 15.5. The van der Waals surface area contributed by atoms with Gasteiger partial charge in [-0.05, 0) is 33.0 Å². The molecule has 0 unspecified atom stereocenters. The van der Waals surface area contributed by atoms with Crippen LogP contribution in [0.1, 0.15) is 30.3 Å². The summed E-state index contributed by atoms with van der Waals surface area (Å²) in [7, 11) is 2.19. The van der Waals surface area contributed by atoms with Crippen LogP contribution >= 0.6 is 0 Å². The molecule has 5 heteroatoms. The second-order valence-electron chi connectivity index (χ2n) is 4.89. The lowest BCUT2D eigenvalue weighted by Gasteiger charge is -2.30. The van der Waals surface area contributed by atoms with Crippen molar-refractivity contribution >= 4 is 0 Å². The Kier molecular flexibility index (Phi) is 2.65. The highest BCUT2D eigenvalue weighted by Gasteiger charge is 2.24.